The second-order valence-electron chi connectivity index (χ2n) is 6.15. The highest BCUT2D eigenvalue weighted by molar-refractivity contribution is 5.64. The van der Waals surface area contributed by atoms with Gasteiger partial charge in [0, 0.05) is 24.9 Å². The Labute approximate surface area is 145 Å². The third kappa shape index (κ3) is 4.27. The standard InChI is InChI=1S/C15H16F3N5O3/c16-15(17,18)10-6-19-11(20-7-10)12-22-13(26-23-12)9-3-1-8(2-4-9)5-21-14(24)25/h6-9,21H,1-5H2,(H,24,25). The van der Waals surface area contributed by atoms with Crippen LogP contribution in [0.15, 0.2) is 16.9 Å². The number of rotatable bonds is 4. The molecule has 8 nitrogen and oxygen atoms in total. The van der Waals surface area contributed by atoms with Crippen molar-refractivity contribution >= 4 is 6.09 Å². The van der Waals surface area contributed by atoms with Gasteiger partial charge in [-0.25, -0.2) is 14.8 Å². The van der Waals surface area contributed by atoms with E-state index in [0.717, 1.165) is 25.7 Å². The van der Waals surface area contributed by atoms with E-state index in [1.165, 1.54) is 0 Å². The van der Waals surface area contributed by atoms with Crippen LogP contribution in [0.4, 0.5) is 18.0 Å². The zero-order valence-electron chi connectivity index (χ0n) is 13.5. The second kappa shape index (κ2) is 7.26. The van der Waals surface area contributed by atoms with Gasteiger partial charge < -0.3 is 14.9 Å². The summed E-state index contributed by atoms with van der Waals surface area (Å²) in [5.74, 6) is 0.707. The molecule has 0 saturated heterocycles. The molecule has 0 radical (unpaired) electrons. The van der Waals surface area contributed by atoms with E-state index in [1.807, 2.05) is 0 Å². The topological polar surface area (TPSA) is 114 Å². The zero-order chi connectivity index (χ0) is 18.7. The van der Waals surface area contributed by atoms with Crippen LogP contribution in [0.25, 0.3) is 11.6 Å². The van der Waals surface area contributed by atoms with Crippen molar-refractivity contribution in [3.8, 4) is 11.6 Å². The smallest absolute Gasteiger partial charge is 0.419 e. The molecule has 2 aromatic heterocycles. The van der Waals surface area contributed by atoms with E-state index in [9.17, 15) is 18.0 Å². The fraction of sp³-hybridized carbons (Fsp3) is 0.533. The van der Waals surface area contributed by atoms with Gasteiger partial charge in [0.25, 0.3) is 0 Å². The van der Waals surface area contributed by atoms with Crippen molar-refractivity contribution in [2.45, 2.75) is 37.8 Å². The molecule has 1 saturated carbocycles. The van der Waals surface area contributed by atoms with Crippen molar-refractivity contribution in [2.75, 3.05) is 6.54 Å². The number of nitrogens with one attached hydrogen (secondary N) is 1. The molecular weight excluding hydrogens is 355 g/mol. The van der Waals surface area contributed by atoms with Gasteiger partial charge in [0.05, 0.1) is 5.56 Å². The summed E-state index contributed by atoms with van der Waals surface area (Å²) in [6, 6.07) is 0. The Hall–Kier alpha value is -2.72. The summed E-state index contributed by atoms with van der Waals surface area (Å²) in [5, 5.41) is 14.8. The summed E-state index contributed by atoms with van der Waals surface area (Å²) < 4.78 is 42.8. The molecule has 1 aliphatic rings. The lowest BCUT2D eigenvalue weighted by Crippen LogP contribution is -2.29. The molecule has 2 heterocycles. The van der Waals surface area contributed by atoms with Gasteiger partial charge in [-0.05, 0) is 31.6 Å². The first-order valence-corrected chi connectivity index (χ1v) is 8.03. The number of hydrogen-bond donors (Lipinski definition) is 2. The lowest BCUT2D eigenvalue weighted by Gasteiger charge is -2.26. The number of carbonyl (C=O) groups is 1. The van der Waals surface area contributed by atoms with Gasteiger partial charge in [0.1, 0.15) is 0 Å². The quantitative estimate of drug-likeness (QED) is 0.849. The van der Waals surface area contributed by atoms with E-state index >= 15 is 0 Å². The Balaban J connectivity index is 1.61. The SMILES string of the molecule is O=C(O)NCC1CCC(c2nc(-c3ncc(C(F)(F)F)cn3)no2)CC1. The maximum atomic E-state index is 12.5. The van der Waals surface area contributed by atoms with Crippen LogP contribution in [0.1, 0.15) is 43.1 Å². The van der Waals surface area contributed by atoms with Gasteiger partial charge in [0.15, 0.2) is 0 Å². The molecule has 2 N–H and O–H groups in total. The van der Waals surface area contributed by atoms with Gasteiger partial charge in [-0.2, -0.15) is 18.2 Å². The summed E-state index contributed by atoms with van der Waals surface area (Å²) in [7, 11) is 0. The van der Waals surface area contributed by atoms with Gasteiger partial charge in [-0.3, -0.25) is 0 Å². The Morgan fingerprint density at radius 1 is 1.19 bits per heavy atom. The van der Waals surface area contributed by atoms with Crippen molar-refractivity contribution in [1.29, 1.82) is 0 Å². The number of amides is 1. The largest absolute Gasteiger partial charge is 0.465 e. The van der Waals surface area contributed by atoms with Crippen LogP contribution < -0.4 is 5.32 Å². The molecule has 1 aliphatic carbocycles. The predicted molar refractivity (Wildman–Crippen MR) is 81.1 cm³/mol. The molecule has 2 aromatic rings. The van der Waals surface area contributed by atoms with Crippen LogP contribution in [-0.2, 0) is 6.18 Å². The maximum absolute atomic E-state index is 12.5. The van der Waals surface area contributed by atoms with Crippen LogP contribution in [0.2, 0.25) is 0 Å². The number of hydrogen-bond acceptors (Lipinski definition) is 6. The Kier molecular flexibility index (Phi) is 5.05. The third-order valence-electron chi connectivity index (χ3n) is 4.36. The van der Waals surface area contributed by atoms with Crippen molar-refractivity contribution in [3.05, 3.63) is 23.8 Å². The van der Waals surface area contributed by atoms with Gasteiger partial charge in [0.2, 0.25) is 17.5 Å². The molecule has 0 spiro atoms. The van der Waals surface area contributed by atoms with Crippen LogP contribution in [-0.4, -0.2) is 37.9 Å². The minimum atomic E-state index is -4.50. The zero-order valence-corrected chi connectivity index (χ0v) is 13.5. The van der Waals surface area contributed by atoms with Crippen molar-refractivity contribution in [1.82, 2.24) is 25.4 Å². The Morgan fingerprint density at radius 2 is 1.85 bits per heavy atom. The van der Waals surface area contributed by atoms with E-state index < -0.39 is 17.8 Å². The molecule has 0 atom stereocenters. The molecule has 1 amide bonds. The summed E-state index contributed by atoms with van der Waals surface area (Å²) in [6.45, 7) is 0.413. The molecule has 0 bridgehead atoms. The first-order valence-electron chi connectivity index (χ1n) is 8.03. The van der Waals surface area contributed by atoms with E-state index in [4.69, 9.17) is 9.63 Å². The average molecular weight is 371 g/mol. The maximum Gasteiger partial charge on any atom is 0.419 e. The number of alkyl halides is 3. The minimum absolute atomic E-state index is 0.0341. The van der Waals surface area contributed by atoms with Crippen molar-refractivity contribution in [2.24, 2.45) is 5.92 Å². The molecule has 11 heteroatoms. The summed E-state index contributed by atoms with van der Waals surface area (Å²) in [6.07, 6.45) is -1.01. The molecule has 26 heavy (non-hydrogen) atoms. The Morgan fingerprint density at radius 3 is 2.42 bits per heavy atom. The van der Waals surface area contributed by atoms with E-state index in [1.54, 1.807) is 0 Å². The number of nitrogens with zero attached hydrogens (tertiary/aromatic N) is 4. The third-order valence-corrected chi connectivity index (χ3v) is 4.36. The number of aromatic nitrogens is 4. The van der Waals surface area contributed by atoms with Crippen LogP contribution >= 0.6 is 0 Å². The summed E-state index contributed by atoms with van der Waals surface area (Å²) in [5.41, 5.74) is -0.946. The van der Waals surface area contributed by atoms with Crippen LogP contribution in [0, 0.1) is 5.92 Å². The highest BCUT2D eigenvalue weighted by atomic mass is 19.4. The monoisotopic (exact) mass is 371 g/mol. The summed E-state index contributed by atoms with van der Waals surface area (Å²) >= 11 is 0. The van der Waals surface area contributed by atoms with Gasteiger partial charge >= 0.3 is 12.3 Å². The fourth-order valence-electron chi connectivity index (χ4n) is 2.93. The summed E-state index contributed by atoms with van der Waals surface area (Å²) in [4.78, 5) is 22.0. The van der Waals surface area contributed by atoms with Crippen LogP contribution in [0.5, 0.6) is 0 Å². The van der Waals surface area contributed by atoms with E-state index in [-0.39, 0.29) is 23.5 Å². The molecular formula is C15H16F3N5O3. The van der Waals surface area contributed by atoms with Crippen molar-refractivity contribution in [3.63, 3.8) is 0 Å². The molecule has 0 unspecified atom stereocenters. The molecule has 1 fully saturated rings. The molecule has 0 aliphatic heterocycles. The lowest BCUT2D eigenvalue weighted by molar-refractivity contribution is -0.138. The van der Waals surface area contributed by atoms with E-state index in [2.05, 4.69) is 25.4 Å². The van der Waals surface area contributed by atoms with Crippen LogP contribution in [0.3, 0.4) is 0 Å². The fourth-order valence-corrected chi connectivity index (χ4v) is 2.93. The molecule has 3 rings (SSSR count). The first-order chi connectivity index (χ1) is 12.3. The van der Waals surface area contributed by atoms with Crippen molar-refractivity contribution < 1.29 is 27.6 Å². The highest BCUT2D eigenvalue weighted by Gasteiger charge is 2.32. The number of halogens is 3. The number of carboxylic acid groups (broad SMARTS) is 1. The van der Waals surface area contributed by atoms with E-state index in [0.29, 0.717) is 24.8 Å². The second-order valence-corrected chi connectivity index (χ2v) is 6.15. The normalized spacial score (nSPS) is 20.7. The average Bonchev–Trinajstić information content (AvgIpc) is 3.10. The lowest BCUT2D eigenvalue weighted by atomic mass is 9.82. The highest BCUT2D eigenvalue weighted by Crippen LogP contribution is 2.35. The van der Waals surface area contributed by atoms with Gasteiger partial charge in [-0.15, -0.1) is 0 Å². The first kappa shape index (κ1) is 18.1. The molecule has 0 aromatic carbocycles. The van der Waals surface area contributed by atoms with Gasteiger partial charge in [-0.1, -0.05) is 5.16 Å². The predicted octanol–water partition coefficient (Wildman–Crippen LogP) is 3.09. The minimum Gasteiger partial charge on any atom is -0.465 e. The Bertz CT molecular complexity index is 755. The molecule has 140 valence electrons.